The highest BCUT2D eigenvalue weighted by Crippen LogP contribution is 2.40. The maximum atomic E-state index is 12.6. The summed E-state index contributed by atoms with van der Waals surface area (Å²) >= 11 is 2.74. The van der Waals surface area contributed by atoms with E-state index in [1.54, 1.807) is 0 Å². The molecule has 0 saturated carbocycles. The lowest BCUT2D eigenvalue weighted by molar-refractivity contribution is -0.360. The van der Waals surface area contributed by atoms with Gasteiger partial charge in [-0.25, -0.2) is 4.21 Å². The van der Waals surface area contributed by atoms with E-state index < -0.39 is 39.0 Å². The summed E-state index contributed by atoms with van der Waals surface area (Å²) in [6.45, 7) is 0. The Kier molecular flexibility index (Phi) is 4.19. The number of benzene rings is 1. The van der Waals surface area contributed by atoms with Crippen molar-refractivity contribution in [1.29, 1.82) is 0 Å². The lowest BCUT2D eigenvalue weighted by atomic mass is 10.3. The summed E-state index contributed by atoms with van der Waals surface area (Å²) in [7, 11) is 0. The van der Waals surface area contributed by atoms with Gasteiger partial charge in [0.1, 0.15) is 10.8 Å². The Bertz CT molecular complexity index is 476. The molecule has 1 aromatic carbocycles. The summed E-state index contributed by atoms with van der Waals surface area (Å²) in [5.74, 6) is -1.04. The molecule has 10 heteroatoms. The zero-order valence-corrected chi connectivity index (χ0v) is 9.74. The third kappa shape index (κ3) is 3.09. The third-order valence-corrected chi connectivity index (χ3v) is 2.90. The first-order valence-corrected chi connectivity index (χ1v) is 5.57. The van der Waals surface area contributed by atoms with Gasteiger partial charge in [0.15, 0.2) is 11.1 Å². The van der Waals surface area contributed by atoms with Gasteiger partial charge in [-0.2, -0.15) is 22.0 Å². The summed E-state index contributed by atoms with van der Waals surface area (Å²) < 4.78 is 83.7. The van der Waals surface area contributed by atoms with Crippen molar-refractivity contribution in [2.45, 2.75) is 17.2 Å². The van der Waals surface area contributed by atoms with Crippen LogP contribution < -0.4 is 4.74 Å². The van der Waals surface area contributed by atoms with Gasteiger partial charge in [-0.15, -0.1) is 0 Å². The van der Waals surface area contributed by atoms with Gasteiger partial charge in [-0.1, -0.05) is 17.7 Å². The Hall–Kier alpha value is -0.930. The molecule has 0 aliphatic heterocycles. The molecule has 0 aliphatic carbocycles. The van der Waals surface area contributed by atoms with Crippen molar-refractivity contribution in [2.24, 2.45) is 0 Å². The zero-order chi connectivity index (χ0) is 14.1. The number of hydrogen-bond donors (Lipinski definition) is 1. The monoisotopic (exact) mass is 310 g/mol. The highest BCUT2D eigenvalue weighted by Gasteiger charge is 2.61. The van der Waals surface area contributed by atoms with Crippen LogP contribution in [0, 0.1) is 0 Å². The Morgan fingerprint density at radius 3 is 2.22 bits per heavy atom. The van der Waals surface area contributed by atoms with Gasteiger partial charge in [0, 0.05) is 0 Å². The number of ether oxygens (including phenoxy) is 1. The van der Waals surface area contributed by atoms with E-state index in [1.807, 2.05) is 0 Å². The smallest absolute Gasteiger partial charge is 0.424 e. The summed E-state index contributed by atoms with van der Waals surface area (Å²) in [6, 6.07) is 2.66. The molecule has 0 aliphatic rings. The largest absolute Gasteiger partial charge is 0.499 e. The van der Waals surface area contributed by atoms with Gasteiger partial charge >= 0.3 is 12.3 Å². The maximum absolute atomic E-state index is 12.6. The van der Waals surface area contributed by atoms with E-state index in [1.165, 1.54) is 0 Å². The lowest BCUT2D eigenvalue weighted by Crippen LogP contribution is -2.41. The lowest BCUT2D eigenvalue weighted by Gasteiger charge is -2.21. The first-order valence-electron chi connectivity index (χ1n) is 4.09. The summed E-state index contributed by atoms with van der Waals surface area (Å²) in [6.07, 6.45) is -11.4. The summed E-state index contributed by atoms with van der Waals surface area (Å²) in [5.41, 5.74) is 0. The number of hydrogen-bond acceptors (Lipinski definition) is 2. The molecular weight excluding hydrogens is 307 g/mol. The van der Waals surface area contributed by atoms with E-state index in [0.29, 0.717) is 0 Å². The highest BCUT2D eigenvalue weighted by atomic mass is 35.5. The van der Waals surface area contributed by atoms with Crippen LogP contribution in [0.4, 0.5) is 22.0 Å². The zero-order valence-electron chi connectivity index (χ0n) is 8.17. The van der Waals surface area contributed by atoms with Crippen molar-refractivity contribution in [3.63, 3.8) is 0 Å². The van der Waals surface area contributed by atoms with Crippen molar-refractivity contribution >= 4 is 22.7 Å². The van der Waals surface area contributed by atoms with Crippen LogP contribution in [0.5, 0.6) is 5.75 Å². The van der Waals surface area contributed by atoms with Gasteiger partial charge in [-0.3, -0.25) is 0 Å². The molecule has 0 radical (unpaired) electrons. The molecule has 0 bridgehead atoms. The van der Waals surface area contributed by atoms with Crippen LogP contribution in [0.15, 0.2) is 23.1 Å². The highest BCUT2D eigenvalue weighted by molar-refractivity contribution is 7.79. The number of rotatable bonds is 3. The molecule has 3 nitrogen and oxygen atoms in total. The maximum Gasteiger partial charge on any atom is 0.499 e. The average molecular weight is 311 g/mol. The first-order chi connectivity index (χ1) is 8.06. The van der Waals surface area contributed by atoms with Crippen molar-refractivity contribution < 1.29 is 35.5 Å². The molecule has 0 fully saturated rings. The molecule has 1 rings (SSSR count). The first kappa shape index (κ1) is 15.1. The second kappa shape index (κ2) is 4.98. The summed E-state index contributed by atoms with van der Waals surface area (Å²) in [5, 5.41) is -0.790. The minimum Gasteiger partial charge on any atom is -0.424 e. The Balaban J connectivity index is 3.14. The van der Waals surface area contributed by atoms with Gasteiger partial charge < -0.3 is 9.29 Å². The van der Waals surface area contributed by atoms with Gasteiger partial charge in [0.2, 0.25) is 0 Å². The Morgan fingerprint density at radius 2 is 1.78 bits per heavy atom. The van der Waals surface area contributed by atoms with Crippen molar-refractivity contribution in [3.05, 3.63) is 23.2 Å². The molecule has 102 valence electrons. The Morgan fingerprint density at radius 1 is 1.22 bits per heavy atom. The second-order valence-corrected chi connectivity index (χ2v) is 4.25. The molecule has 1 unspecified atom stereocenters. The van der Waals surface area contributed by atoms with Crippen LogP contribution in [0.3, 0.4) is 0 Å². The fourth-order valence-corrected chi connectivity index (χ4v) is 1.71. The molecule has 1 N–H and O–H groups in total. The quantitative estimate of drug-likeness (QED) is 0.687. The molecule has 18 heavy (non-hydrogen) atoms. The predicted octanol–water partition coefficient (Wildman–Crippen LogP) is 3.45. The SMILES string of the molecule is O=S(O)c1cccc(OC(F)(F)C(F)(F)F)c1Cl. The minimum absolute atomic E-state index is 0.535. The van der Waals surface area contributed by atoms with Gasteiger partial charge in [0.25, 0.3) is 0 Å². The molecule has 0 saturated heterocycles. The van der Waals surface area contributed by atoms with E-state index >= 15 is 0 Å². The minimum atomic E-state index is -5.93. The standard InChI is InChI=1S/C8H4ClF5O3S/c9-6-4(2-1-3-5(6)18(15)16)17-8(13,14)7(10,11)12/h1-3H,(H,15,16). The number of halogens is 6. The van der Waals surface area contributed by atoms with Gasteiger partial charge in [0.05, 0.1) is 4.90 Å². The Labute approximate surface area is 105 Å². The molecule has 1 aromatic rings. The summed E-state index contributed by atoms with van der Waals surface area (Å²) in [4.78, 5) is -0.535. The topological polar surface area (TPSA) is 46.5 Å². The van der Waals surface area contributed by atoms with E-state index in [4.69, 9.17) is 16.2 Å². The normalized spacial score (nSPS) is 14.4. The van der Waals surface area contributed by atoms with Crippen LogP contribution in [0.1, 0.15) is 0 Å². The molecule has 0 amide bonds. The van der Waals surface area contributed by atoms with E-state index in [9.17, 15) is 26.2 Å². The van der Waals surface area contributed by atoms with Gasteiger partial charge in [-0.05, 0) is 12.1 Å². The van der Waals surface area contributed by atoms with E-state index in [2.05, 4.69) is 4.74 Å². The van der Waals surface area contributed by atoms with Crippen molar-refractivity contribution in [3.8, 4) is 5.75 Å². The van der Waals surface area contributed by atoms with Crippen LogP contribution in [-0.4, -0.2) is 21.0 Å². The molecule has 1 atom stereocenters. The average Bonchev–Trinajstić information content (AvgIpc) is 2.18. The third-order valence-electron chi connectivity index (χ3n) is 1.68. The molecule has 0 heterocycles. The second-order valence-electron chi connectivity index (χ2n) is 2.93. The van der Waals surface area contributed by atoms with Crippen LogP contribution in [0.25, 0.3) is 0 Å². The fraction of sp³-hybridized carbons (Fsp3) is 0.250. The number of alkyl halides is 5. The van der Waals surface area contributed by atoms with E-state index in [-0.39, 0.29) is 0 Å². The van der Waals surface area contributed by atoms with Crippen LogP contribution in [-0.2, 0) is 11.1 Å². The van der Waals surface area contributed by atoms with Crippen LogP contribution >= 0.6 is 11.6 Å². The molecule has 0 spiro atoms. The van der Waals surface area contributed by atoms with Crippen molar-refractivity contribution in [2.75, 3.05) is 0 Å². The van der Waals surface area contributed by atoms with E-state index in [0.717, 1.165) is 18.2 Å². The molecule has 0 aromatic heterocycles. The van der Waals surface area contributed by atoms with Crippen LogP contribution in [0.2, 0.25) is 5.02 Å². The van der Waals surface area contributed by atoms with Crippen molar-refractivity contribution in [1.82, 2.24) is 0 Å². The fourth-order valence-electron chi connectivity index (χ4n) is 0.900. The predicted molar refractivity (Wildman–Crippen MR) is 52.1 cm³/mol. The molecular formula is C8H4ClF5O3S.